The minimum atomic E-state index is 0.275. The fourth-order valence-electron chi connectivity index (χ4n) is 3.58. The second-order valence-corrected chi connectivity index (χ2v) is 8.40. The van der Waals surface area contributed by atoms with E-state index in [-0.39, 0.29) is 5.91 Å². The highest BCUT2D eigenvalue weighted by atomic mass is 16.2. The lowest BCUT2D eigenvalue weighted by Gasteiger charge is -2.09. The molecule has 0 aliphatic carbocycles. The van der Waals surface area contributed by atoms with Crippen molar-refractivity contribution in [1.82, 2.24) is 4.90 Å². The van der Waals surface area contributed by atoms with Crippen molar-refractivity contribution in [3.8, 4) is 0 Å². The molecule has 0 spiro atoms. The van der Waals surface area contributed by atoms with Gasteiger partial charge in [-0.05, 0) is 6.42 Å². The molecule has 0 rings (SSSR count). The molecule has 0 saturated carbocycles. The van der Waals surface area contributed by atoms with Gasteiger partial charge in [0, 0.05) is 20.5 Å². The van der Waals surface area contributed by atoms with E-state index in [0.717, 1.165) is 12.8 Å². The molecule has 0 aromatic carbocycles. The van der Waals surface area contributed by atoms with Crippen molar-refractivity contribution in [3.63, 3.8) is 0 Å². The lowest BCUT2D eigenvalue weighted by molar-refractivity contribution is -0.128. The third-order valence-corrected chi connectivity index (χ3v) is 5.49. The molecule has 0 atom stereocenters. The Morgan fingerprint density at radius 1 is 0.500 bits per heavy atom. The molecular weight excluding hydrogens is 318 g/mol. The first-order valence-corrected chi connectivity index (χ1v) is 11.9. The monoisotopic (exact) mass is 367 g/mol. The van der Waals surface area contributed by atoms with Crippen LogP contribution in [0.4, 0.5) is 0 Å². The molecule has 0 aliphatic heterocycles. The molecule has 0 radical (unpaired) electrons. The first kappa shape index (κ1) is 25.5. The minimum Gasteiger partial charge on any atom is -0.349 e. The summed E-state index contributed by atoms with van der Waals surface area (Å²) in [5.74, 6) is 0.275. The zero-order chi connectivity index (χ0) is 19.3. The van der Waals surface area contributed by atoms with E-state index in [0.29, 0.717) is 0 Å². The third-order valence-electron chi connectivity index (χ3n) is 5.49. The summed E-state index contributed by atoms with van der Waals surface area (Å²) in [4.78, 5) is 13.2. The summed E-state index contributed by atoms with van der Waals surface area (Å²) in [5.41, 5.74) is 0. The summed E-state index contributed by atoms with van der Waals surface area (Å²) in [6.07, 6.45) is 27.3. The van der Waals surface area contributed by atoms with Gasteiger partial charge in [-0.2, -0.15) is 0 Å². The van der Waals surface area contributed by atoms with Crippen LogP contribution < -0.4 is 0 Å². The van der Waals surface area contributed by atoms with Gasteiger partial charge in [0.2, 0.25) is 5.91 Å². The van der Waals surface area contributed by atoms with Crippen molar-refractivity contribution in [2.24, 2.45) is 0 Å². The first-order chi connectivity index (χ1) is 12.7. The molecule has 0 heterocycles. The number of hydrogen-bond acceptors (Lipinski definition) is 1. The zero-order valence-electron chi connectivity index (χ0n) is 18.5. The number of amides is 1. The first-order valence-electron chi connectivity index (χ1n) is 11.9. The Morgan fingerprint density at radius 2 is 0.769 bits per heavy atom. The highest BCUT2D eigenvalue weighted by Gasteiger charge is 2.02. The standard InChI is InChI=1S/C24H49NO/c1-4-5-6-7-8-9-10-11-12-13-14-15-16-17-18-19-20-21-22-23-24(26)25(2)3/h4-23H2,1-3H3. The molecule has 0 aromatic rings. The van der Waals surface area contributed by atoms with Crippen molar-refractivity contribution in [3.05, 3.63) is 0 Å². The van der Waals surface area contributed by atoms with Crippen molar-refractivity contribution in [2.75, 3.05) is 14.1 Å². The predicted octanol–water partition coefficient (Wildman–Crippen LogP) is 7.90. The summed E-state index contributed by atoms with van der Waals surface area (Å²) in [6, 6.07) is 0. The second kappa shape index (κ2) is 20.8. The molecule has 26 heavy (non-hydrogen) atoms. The van der Waals surface area contributed by atoms with E-state index in [1.165, 1.54) is 116 Å². The van der Waals surface area contributed by atoms with Crippen LogP contribution >= 0.6 is 0 Å². The van der Waals surface area contributed by atoms with Crippen LogP contribution in [-0.2, 0) is 4.79 Å². The topological polar surface area (TPSA) is 20.3 Å². The van der Waals surface area contributed by atoms with Crippen LogP contribution in [0, 0.1) is 0 Å². The van der Waals surface area contributed by atoms with E-state index in [4.69, 9.17) is 0 Å². The number of carbonyl (C=O) groups excluding carboxylic acids is 1. The van der Waals surface area contributed by atoms with Gasteiger partial charge in [0.25, 0.3) is 0 Å². The SMILES string of the molecule is CCCCCCCCCCCCCCCCCCCCCC(=O)N(C)C. The normalized spacial score (nSPS) is 11.0. The second-order valence-electron chi connectivity index (χ2n) is 8.40. The molecule has 156 valence electrons. The van der Waals surface area contributed by atoms with Gasteiger partial charge in [0.15, 0.2) is 0 Å². The molecule has 0 fully saturated rings. The highest BCUT2D eigenvalue weighted by molar-refractivity contribution is 5.75. The largest absolute Gasteiger partial charge is 0.349 e. The van der Waals surface area contributed by atoms with E-state index < -0.39 is 0 Å². The van der Waals surface area contributed by atoms with Gasteiger partial charge < -0.3 is 4.90 Å². The Bertz CT molecular complexity index is 288. The number of hydrogen-bond donors (Lipinski definition) is 0. The Balaban J connectivity index is 3.04. The number of carbonyl (C=O) groups is 1. The molecule has 0 bridgehead atoms. The molecule has 2 nitrogen and oxygen atoms in total. The summed E-state index contributed by atoms with van der Waals surface area (Å²) in [6.45, 7) is 2.29. The number of unbranched alkanes of at least 4 members (excludes halogenated alkanes) is 18. The minimum absolute atomic E-state index is 0.275. The molecule has 1 amide bonds. The van der Waals surface area contributed by atoms with Crippen molar-refractivity contribution in [1.29, 1.82) is 0 Å². The molecule has 2 heteroatoms. The van der Waals surface area contributed by atoms with E-state index >= 15 is 0 Å². The average Bonchev–Trinajstić information content (AvgIpc) is 2.63. The maximum Gasteiger partial charge on any atom is 0.222 e. The zero-order valence-corrected chi connectivity index (χ0v) is 18.5. The van der Waals surface area contributed by atoms with Crippen LogP contribution in [0.15, 0.2) is 0 Å². The smallest absolute Gasteiger partial charge is 0.222 e. The molecule has 0 N–H and O–H groups in total. The summed E-state index contributed by atoms with van der Waals surface area (Å²) < 4.78 is 0. The van der Waals surface area contributed by atoms with Gasteiger partial charge in [0.1, 0.15) is 0 Å². The molecule has 0 saturated heterocycles. The lowest BCUT2D eigenvalue weighted by Crippen LogP contribution is -2.20. The molecule has 0 unspecified atom stereocenters. The molecular formula is C24H49NO. The fraction of sp³-hybridized carbons (Fsp3) is 0.958. The van der Waals surface area contributed by atoms with E-state index in [1.54, 1.807) is 4.90 Å². The van der Waals surface area contributed by atoms with Crippen LogP contribution in [0.2, 0.25) is 0 Å². The van der Waals surface area contributed by atoms with Gasteiger partial charge >= 0.3 is 0 Å². The number of nitrogens with zero attached hydrogens (tertiary/aromatic N) is 1. The van der Waals surface area contributed by atoms with E-state index in [1.807, 2.05) is 14.1 Å². The van der Waals surface area contributed by atoms with Crippen LogP contribution in [-0.4, -0.2) is 24.9 Å². The molecule has 0 aliphatic rings. The van der Waals surface area contributed by atoms with Crippen LogP contribution in [0.3, 0.4) is 0 Å². The summed E-state index contributed by atoms with van der Waals surface area (Å²) >= 11 is 0. The van der Waals surface area contributed by atoms with Crippen molar-refractivity contribution < 1.29 is 4.79 Å². The van der Waals surface area contributed by atoms with Gasteiger partial charge in [-0.3, -0.25) is 4.79 Å². The third kappa shape index (κ3) is 19.8. The van der Waals surface area contributed by atoms with Gasteiger partial charge in [-0.1, -0.05) is 122 Å². The van der Waals surface area contributed by atoms with E-state index in [2.05, 4.69) is 6.92 Å². The number of rotatable bonds is 20. The van der Waals surface area contributed by atoms with Crippen LogP contribution in [0.5, 0.6) is 0 Å². The van der Waals surface area contributed by atoms with Gasteiger partial charge in [-0.25, -0.2) is 0 Å². The van der Waals surface area contributed by atoms with Crippen LogP contribution in [0.1, 0.15) is 135 Å². The van der Waals surface area contributed by atoms with Gasteiger partial charge in [-0.15, -0.1) is 0 Å². The van der Waals surface area contributed by atoms with Crippen molar-refractivity contribution >= 4 is 5.91 Å². The molecule has 0 aromatic heterocycles. The predicted molar refractivity (Wildman–Crippen MR) is 117 cm³/mol. The Labute approximate surface area is 165 Å². The van der Waals surface area contributed by atoms with Crippen molar-refractivity contribution in [2.45, 2.75) is 135 Å². The lowest BCUT2D eigenvalue weighted by atomic mass is 10.0. The van der Waals surface area contributed by atoms with Crippen LogP contribution in [0.25, 0.3) is 0 Å². The van der Waals surface area contributed by atoms with Gasteiger partial charge in [0.05, 0.1) is 0 Å². The Kier molecular flexibility index (Phi) is 20.4. The quantitative estimate of drug-likeness (QED) is 0.200. The summed E-state index contributed by atoms with van der Waals surface area (Å²) in [5, 5.41) is 0. The Morgan fingerprint density at radius 3 is 1.04 bits per heavy atom. The Hall–Kier alpha value is -0.530. The average molecular weight is 368 g/mol. The summed E-state index contributed by atoms with van der Waals surface area (Å²) in [7, 11) is 3.69. The highest BCUT2D eigenvalue weighted by Crippen LogP contribution is 2.14. The maximum atomic E-state index is 11.5. The fourth-order valence-corrected chi connectivity index (χ4v) is 3.58. The van der Waals surface area contributed by atoms with E-state index in [9.17, 15) is 4.79 Å². The maximum absolute atomic E-state index is 11.5.